The predicted octanol–water partition coefficient (Wildman–Crippen LogP) is 1.79. The van der Waals surface area contributed by atoms with Crippen LogP contribution in [0.3, 0.4) is 0 Å². The van der Waals surface area contributed by atoms with Gasteiger partial charge in [-0.15, -0.1) is 10.2 Å². The molecule has 0 fully saturated rings. The van der Waals surface area contributed by atoms with Gasteiger partial charge in [0.05, 0.1) is 6.04 Å². The SMILES string of the molecule is CCC(C)(CO)CNC(C)c1nnc2ccccn12. The first-order valence-corrected chi connectivity index (χ1v) is 6.73. The summed E-state index contributed by atoms with van der Waals surface area (Å²) in [5, 5.41) is 21.2. The van der Waals surface area contributed by atoms with Crippen molar-refractivity contribution >= 4 is 5.65 Å². The molecule has 2 rings (SSSR count). The van der Waals surface area contributed by atoms with Crippen LogP contribution in [0.1, 0.15) is 39.1 Å². The zero-order chi connectivity index (χ0) is 13.9. The Morgan fingerprint density at radius 1 is 1.42 bits per heavy atom. The van der Waals surface area contributed by atoms with Crippen molar-refractivity contribution in [1.82, 2.24) is 19.9 Å². The average molecular weight is 262 g/mol. The van der Waals surface area contributed by atoms with E-state index in [9.17, 15) is 5.11 Å². The molecule has 0 radical (unpaired) electrons. The molecule has 5 heteroatoms. The number of aliphatic hydroxyl groups is 1. The predicted molar refractivity (Wildman–Crippen MR) is 74.9 cm³/mol. The van der Waals surface area contributed by atoms with Gasteiger partial charge >= 0.3 is 0 Å². The normalized spacial score (nSPS) is 16.4. The number of aliphatic hydroxyl groups excluding tert-OH is 1. The second kappa shape index (κ2) is 5.67. The molecule has 0 bridgehead atoms. The van der Waals surface area contributed by atoms with Crippen molar-refractivity contribution in [3.63, 3.8) is 0 Å². The molecule has 0 aliphatic heterocycles. The summed E-state index contributed by atoms with van der Waals surface area (Å²) in [7, 11) is 0. The number of nitrogens with zero attached hydrogens (tertiary/aromatic N) is 3. The van der Waals surface area contributed by atoms with Gasteiger partial charge in [-0.3, -0.25) is 4.40 Å². The van der Waals surface area contributed by atoms with Gasteiger partial charge in [0.1, 0.15) is 0 Å². The summed E-state index contributed by atoms with van der Waals surface area (Å²) < 4.78 is 1.99. The smallest absolute Gasteiger partial charge is 0.160 e. The van der Waals surface area contributed by atoms with Crippen LogP contribution in [-0.4, -0.2) is 32.9 Å². The topological polar surface area (TPSA) is 62.5 Å². The lowest BCUT2D eigenvalue weighted by Crippen LogP contribution is -2.36. The highest BCUT2D eigenvalue weighted by atomic mass is 16.3. The summed E-state index contributed by atoms with van der Waals surface area (Å²) in [5.41, 5.74) is 0.765. The van der Waals surface area contributed by atoms with E-state index in [1.807, 2.05) is 28.8 Å². The van der Waals surface area contributed by atoms with E-state index < -0.39 is 0 Å². The molecule has 2 aromatic rings. The van der Waals surface area contributed by atoms with Gasteiger partial charge in [0.25, 0.3) is 0 Å². The van der Waals surface area contributed by atoms with E-state index in [4.69, 9.17) is 0 Å². The third-order valence-electron chi connectivity index (χ3n) is 3.80. The molecule has 0 aromatic carbocycles. The van der Waals surface area contributed by atoms with Gasteiger partial charge in [-0.25, -0.2) is 0 Å². The molecule has 2 aromatic heterocycles. The van der Waals surface area contributed by atoms with Crippen LogP contribution < -0.4 is 5.32 Å². The van der Waals surface area contributed by atoms with E-state index in [2.05, 4.69) is 36.3 Å². The van der Waals surface area contributed by atoms with Gasteiger partial charge in [0, 0.05) is 24.8 Å². The quantitative estimate of drug-likeness (QED) is 0.833. The van der Waals surface area contributed by atoms with Crippen LogP contribution in [-0.2, 0) is 0 Å². The molecule has 0 saturated heterocycles. The van der Waals surface area contributed by atoms with Gasteiger partial charge in [-0.05, 0) is 25.5 Å². The Hall–Kier alpha value is -1.46. The molecule has 19 heavy (non-hydrogen) atoms. The number of hydrogen-bond donors (Lipinski definition) is 2. The van der Waals surface area contributed by atoms with Crippen molar-refractivity contribution in [3.05, 3.63) is 30.2 Å². The van der Waals surface area contributed by atoms with Crippen LogP contribution >= 0.6 is 0 Å². The van der Waals surface area contributed by atoms with E-state index in [0.29, 0.717) is 0 Å². The Bertz CT molecular complexity index is 533. The van der Waals surface area contributed by atoms with E-state index in [-0.39, 0.29) is 18.1 Å². The summed E-state index contributed by atoms with van der Waals surface area (Å²) in [6, 6.07) is 5.95. The number of fused-ring (bicyclic) bond motifs is 1. The maximum atomic E-state index is 9.43. The van der Waals surface area contributed by atoms with Crippen molar-refractivity contribution in [2.45, 2.75) is 33.2 Å². The molecule has 2 N–H and O–H groups in total. The lowest BCUT2D eigenvalue weighted by molar-refractivity contribution is 0.132. The molecule has 2 heterocycles. The Labute approximate surface area is 113 Å². The van der Waals surface area contributed by atoms with Gasteiger partial charge in [0.2, 0.25) is 0 Å². The van der Waals surface area contributed by atoms with Gasteiger partial charge in [-0.2, -0.15) is 0 Å². The summed E-state index contributed by atoms with van der Waals surface area (Å²) in [6.45, 7) is 7.17. The maximum Gasteiger partial charge on any atom is 0.160 e. The summed E-state index contributed by atoms with van der Waals surface area (Å²) >= 11 is 0. The fourth-order valence-corrected chi connectivity index (χ4v) is 1.94. The Balaban J connectivity index is 2.10. The molecule has 0 saturated carbocycles. The van der Waals surface area contributed by atoms with Gasteiger partial charge < -0.3 is 10.4 Å². The lowest BCUT2D eigenvalue weighted by atomic mass is 9.88. The molecule has 0 aliphatic carbocycles. The largest absolute Gasteiger partial charge is 0.396 e. The molecule has 5 nitrogen and oxygen atoms in total. The van der Waals surface area contributed by atoms with Crippen LogP contribution in [0, 0.1) is 5.41 Å². The highest BCUT2D eigenvalue weighted by Gasteiger charge is 2.22. The number of nitrogens with one attached hydrogen (secondary N) is 1. The number of aromatic nitrogens is 3. The maximum absolute atomic E-state index is 9.43. The standard InChI is InChI=1S/C14H22N4O/c1-4-14(3,10-19)9-15-11(2)13-17-16-12-7-5-6-8-18(12)13/h5-8,11,15,19H,4,9-10H2,1-3H3. The minimum atomic E-state index is -0.0885. The van der Waals surface area contributed by atoms with E-state index in [1.54, 1.807) is 0 Å². The Morgan fingerprint density at radius 2 is 2.21 bits per heavy atom. The summed E-state index contributed by atoms with van der Waals surface area (Å²) in [6.07, 6.45) is 2.90. The minimum Gasteiger partial charge on any atom is -0.396 e. The van der Waals surface area contributed by atoms with Crippen LogP contribution in [0.4, 0.5) is 0 Å². The first kappa shape index (κ1) is 14.0. The lowest BCUT2D eigenvalue weighted by Gasteiger charge is -2.27. The third-order valence-corrected chi connectivity index (χ3v) is 3.80. The highest BCUT2D eigenvalue weighted by Crippen LogP contribution is 2.20. The first-order valence-electron chi connectivity index (χ1n) is 6.73. The molecule has 2 unspecified atom stereocenters. The van der Waals surface area contributed by atoms with E-state index in [0.717, 1.165) is 24.4 Å². The molecular formula is C14H22N4O. The number of rotatable bonds is 6. The van der Waals surface area contributed by atoms with Crippen molar-refractivity contribution in [1.29, 1.82) is 0 Å². The average Bonchev–Trinajstić information content (AvgIpc) is 2.88. The zero-order valence-electron chi connectivity index (χ0n) is 11.8. The second-order valence-electron chi connectivity index (χ2n) is 5.41. The van der Waals surface area contributed by atoms with Crippen LogP contribution in [0.5, 0.6) is 0 Å². The summed E-state index contributed by atoms with van der Waals surface area (Å²) in [4.78, 5) is 0. The summed E-state index contributed by atoms with van der Waals surface area (Å²) in [5.74, 6) is 0.895. The second-order valence-corrected chi connectivity index (χ2v) is 5.41. The van der Waals surface area contributed by atoms with Gasteiger partial charge in [-0.1, -0.05) is 19.9 Å². The molecule has 0 spiro atoms. The molecule has 0 aliphatic rings. The fraction of sp³-hybridized carbons (Fsp3) is 0.571. The number of pyridine rings is 1. The first-order chi connectivity index (χ1) is 9.09. The minimum absolute atomic E-state index is 0.0885. The molecule has 104 valence electrons. The van der Waals surface area contributed by atoms with Crippen LogP contribution in [0.15, 0.2) is 24.4 Å². The van der Waals surface area contributed by atoms with Crippen molar-refractivity contribution < 1.29 is 5.11 Å². The zero-order valence-corrected chi connectivity index (χ0v) is 11.8. The molecule has 0 amide bonds. The fourth-order valence-electron chi connectivity index (χ4n) is 1.94. The van der Waals surface area contributed by atoms with Gasteiger partial charge in [0.15, 0.2) is 11.5 Å². The Kier molecular flexibility index (Phi) is 4.17. The van der Waals surface area contributed by atoms with Crippen molar-refractivity contribution in [2.24, 2.45) is 5.41 Å². The van der Waals surface area contributed by atoms with Crippen LogP contribution in [0.25, 0.3) is 5.65 Å². The highest BCUT2D eigenvalue weighted by molar-refractivity contribution is 5.37. The van der Waals surface area contributed by atoms with E-state index >= 15 is 0 Å². The number of hydrogen-bond acceptors (Lipinski definition) is 4. The monoisotopic (exact) mass is 262 g/mol. The van der Waals surface area contributed by atoms with Crippen molar-refractivity contribution in [3.8, 4) is 0 Å². The Morgan fingerprint density at radius 3 is 2.89 bits per heavy atom. The molecule has 2 atom stereocenters. The molecular weight excluding hydrogens is 240 g/mol. The third kappa shape index (κ3) is 2.93. The van der Waals surface area contributed by atoms with Crippen molar-refractivity contribution in [2.75, 3.05) is 13.2 Å². The van der Waals surface area contributed by atoms with Crippen LogP contribution in [0.2, 0.25) is 0 Å². The van der Waals surface area contributed by atoms with E-state index in [1.165, 1.54) is 0 Å².